The van der Waals surface area contributed by atoms with Crippen molar-refractivity contribution in [3.63, 3.8) is 0 Å². The standard InChI is InChI=1S/C60H74NSSi.C13H24O2.Ir/c1-17-60(16,18-2)56-35-50(25-43-21-19-20-22-55(43)56)57-58-54(23-24-61-57)42(15)59(62-58)63(51-29-44(36(3)4)26-45(30-51)37(5)6,52-31-46(38(7)8)27-47(32-52)39(9)10)53-33-48(40(11)12)28-49(34-53)41(13)14;1-5-10(6-2)12(14)9-13(15)11(7-3)8-4;/h19-24,26-41H,17-18H2,1-16H3;9-11,14H,5-8H2,1-4H3;/q-1;;/b;12-9-;. The second-order valence-corrected chi connectivity index (χ2v) is 30.0. The Hall–Kier alpha value is -4.45. The molecule has 0 unspecified atom stereocenters. The van der Waals surface area contributed by atoms with Crippen LogP contribution in [-0.4, -0.2) is 23.9 Å². The van der Waals surface area contributed by atoms with Crippen LogP contribution in [0.1, 0.15) is 250 Å². The van der Waals surface area contributed by atoms with E-state index in [9.17, 15) is 9.90 Å². The number of hydrogen-bond donors (Lipinski definition) is 1. The van der Waals surface area contributed by atoms with Gasteiger partial charge in [-0.1, -0.05) is 215 Å². The number of fused-ring (bicyclic) bond motifs is 2. The van der Waals surface area contributed by atoms with E-state index in [1.807, 2.05) is 39.0 Å². The van der Waals surface area contributed by atoms with E-state index in [4.69, 9.17) is 4.98 Å². The van der Waals surface area contributed by atoms with Crippen LogP contribution < -0.4 is 20.1 Å². The number of pyridine rings is 1. The first-order valence-corrected chi connectivity index (χ1v) is 33.0. The second kappa shape index (κ2) is 28.0. The molecule has 0 fully saturated rings. The van der Waals surface area contributed by atoms with Crippen LogP contribution in [0.2, 0.25) is 0 Å². The number of aliphatic hydroxyl groups is 1. The van der Waals surface area contributed by atoms with Crippen molar-refractivity contribution in [2.24, 2.45) is 11.8 Å². The molecule has 0 saturated heterocycles. The smallest absolute Gasteiger partial charge is 0.191 e. The minimum absolute atomic E-state index is 0. The second-order valence-electron chi connectivity index (χ2n) is 24.8. The van der Waals surface area contributed by atoms with Crippen molar-refractivity contribution in [2.45, 2.75) is 218 Å². The molecule has 79 heavy (non-hydrogen) atoms. The molecule has 1 radical (unpaired) electrons. The maximum absolute atomic E-state index is 11.7. The molecular weight excluding hydrogens is 1180 g/mol. The molecule has 0 aliphatic rings. The summed E-state index contributed by atoms with van der Waals surface area (Å²) in [6.45, 7) is 46.1. The van der Waals surface area contributed by atoms with Gasteiger partial charge in [0.15, 0.2) is 13.9 Å². The molecule has 0 spiro atoms. The van der Waals surface area contributed by atoms with Crippen molar-refractivity contribution < 1.29 is 30.0 Å². The van der Waals surface area contributed by atoms with Crippen LogP contribution in [0.15, 0.2) is 109 Å². The number of ketones is 1. The topological polar surface area (TPSA) is 50.2 Å². The predicted octanol–water partition coefficient (Wildman–Crippen LogP) is 19.3. The summed E-state index contributed by atoms with van der Waals surface area (Å²) in [7, 11) is -3.13. The summed E-state index contributed by atoms with van der Waals surface area (Å²) in [4.78, 5) is 17.0. The van der Waals surface area contributed by atoms with Crippen LogP contribution in [0.4, 0.5) is 0 Å². The number of aromatic nitrogens is 1. The van der Waals surface area contributed by atoms with Crippen LogP contribution in [0, 0.1) is 24.8 Å². The van der Waals surface area contributed by atoms with E-state index in [0.717, 1.165) is 49.8 Å². The predicted molar refractivity (Wildman–Crippen MR) is 346 cm³/mol. The van der Waals surface area contributed by atoms with Crippen molar-refractivity contribution >= 4 is 66.1 Å². The average Bonchev–Trinajstić information content (AvgIpc) is 3.38. The van der Waals surface area contributed by atoms with Gasteiger partial charge in [-0.25, -0.2) is 0 Å². The van der Waals surface area contributed by atoms with Gasteiger partial charge in [0.25, 0.3) is 0 Å². The fourth-order valence-corrected chi connectivity index (χ4v) is 19.4. The van der Waals surface area contributed by atoms with E-state index in [1.165, 1.54) is 91.5 Å². The van der Waals surface area contributed by atoms with Crippen LogP contribution in [0.5, 0.6) is 0 Å². The minimum atomic E-state index is -3.13. The number of allylic oxidation sites excluding steroid dienone is 2. The Kier molecular flexibility index (Phi) is 23.2. The Morgan fingerprint density at radius 1 is 0.595 bits per heavy atom. The normalized spacial score (nSPS) is 12.6. The van der Waals surface area contributed by atoms with Gasteiger partial charge in [0.1, 0.15) is 0 Å². The fraction of sp³-hybridized carbons (Fsp3) is 0.479. The van der Waals surface area contributed by atoms with E-state index in [1.54, 1.807) is 0 Å². The zero-order valence-corrected chi connectivity index (χ0v) is 56.4. The Bertz CT molecular complexity index is 2960. The Morgan fingerprint density at radius 2 is 1.00 bits per heavy atom. The maximum atomic E-state index is 11.7. The van der Waals surface area contributed by atoms with Crippen LogP contribution in [0.25, 0.3) is 32.1 Å². The number of aliphatic hydroxyl groups excluding tert-OH is 1. The Labute approximate surface area is 498 Å². The molecule has 7 rings (SSSR count). The minimum Gasteiger partial charge on any atom is -0.512 e. The molecule has 1 N–H and O–H groups in total. The Balaban J connectivity index is 0.000000627. The van der Waals surface area contributed by atoms with Gasteiger partial charge in [-0.2, -0.15) is 0 Å². The maximum Gasteiger partial charge on any atom is 0.191 e. The molecule has 427 valence electrons. The molecule has 0 saturated carbocycles. The van der Waals surface area contributed by atoms with Crippen LogP contribution in [0.3, 0.4) is 0 Å². The summed E-state index contributed by atoms with van der Waals surface area (Å²) in [6, 6.07) is 40.9. The summed E-state index contributed by atoms with van der Waals surface area (Å²) in [5, 5.41) is 18.0. The molecule has 7 aromatic rings. The fourth-order valence-electron chi connectivity index (χ4n) is 11.5. The third-order valence-corrected chi connectivity index (χ3v) is 24.6. The summed E-state index contributed by atoms with van der Waals surface area (Å²) in [6.07, 6.45) is 9.11. The van der Waals surface area contributed by atoms with Gasteiger partial charge < -0.3 is 5.11 Å². The first-order chi connectivity index (χ1) is 36.9. The first kappa shape index (κ1) is 65.4. The molecule has 3 nitrogen and oxygen atoms in total. The first-order valence-electron chi connectivity index (χ1n) is 30.2. The van der Waals surface area contributed by atoms with Gasteiger partial charge in [-0.15, -0.1) is 40.5 Å². The molecule has 0 aliphatic carbocycles. The number of rotatable bonds is 21. The SMILES string of the molecule is CCC(C)(CC)c1cc(-c2nccc3c(C)c([Si](c4cc(C(C)C)cc(C(C)C)c4)(c4cc(C(C)C)cc(C(C)C)c4)c4cc(C(C)C)cc(C(C)C)c4)sc23)[c-]c2ccccc12.CCC(CC)C(=O)/C=C(\O)C(CC)CC.[Ir]. The monoisotopic (exact) mass is 1270 g/mol. The van der Waals surface area contributed by atoms with Crippen molar-refractivity contribution in [3.8, 4) is 11.3 Å². The number of hydrogen-bond acceptors (Lipinski definition) is 4. The number of carbonyl (C=O) groups excluding carboxylic acids is 1. The van der Waals surface area contributed by atoms with Crippen molar-refractivity contribution in [3.05, 3.63) is 160 Å². The van der Waals surface area contributed by atoms with Crippen molar-refractivity contribution in [2.75, 3.05) is 0 Å². The van der Waals surface area contributed by atoms with E-state index in [0.29, 0.717) is 35.5 Å². The average molecular weight is 1270 g/mol. The molecule has 2 heterocycles. The van der Waals surface area contributed by atoms with Gasteiger partial charge in [0.2, 0.25) is 0 Å². The van der Waals surface area contributed by atoms with Gasteiger partial charge in [0, 0.05) is 59.1 Å². The summed E-state index contributed by atoms with van der Waals surface area (Å²) >= 11 is 2.03. The molecule has 5 aromatic carbocycles. The van der Waals surface area contributed by atoms with E-state index < -0.39 is 8.07 Å². The zero-order valence-electron chi connectivity index (χ0n) is 52.2. The summed E-state index contributed by atoms with van der Waals surface area (Å²) in [5.74, 6) is 2.91. The third-order valence-electron chi connectivity index (χ3n) is 17.7. The van der Waals surface area contributed by atoms with Crippen LogP contribution >= 0.6 is 11.3 Å². The van der Waals surface area contributed by atoms with E-state index in [-0.39, 0.29) is 48.9 Å². The summed E-state index contributed by atoms with van der Waals surface area (Å²) < 4.78 is 2.79. The number of nitrogens with zero attached hydrogens (tertiary/aromatic N) is 1. The van der Waals surface area contributed by atoms with E-state index >= 15 is 0 Å². The quantitative estimate of drug-likeness (QED) is 0.0256. The van der Waals surface area contributed by atoms with Crippen molar-refractivity contribution in [1.29, 1.82) is 0 Å². The van der Waals surface area contributed by atoms with Gasteiger partial charge in [-0.05, 0) is 152 Å². The zero-order chi connectivity index (χ0) is 57.6. The number of carbonyl (C=O) groups is 1. The van der Waals surface area contributed by atoms with E-state index in [2.05, 4.69) is 214 Å². The molecule has 2 aromatic heterocycles. The van der Waals surface area contributed by atoms with Gasteiger partial charge in [-0.3, -0.25) is 9.78 Å². The molecule has 0 amide bonds. The number of benzene rings is 5. The molecule has 0 atom stereocenters. The van der Waals surface area contributed by atoms with Gasteiger partial charge >= 0.3 is 0 Å². The molecule has 0 bridgehead atoms. The van der Waals surface area contributed by atoms with Crippen molar-refractivity contribution in [1.82, 2.24) is 4.98 Å². The Morgan fingerprint density at radius 3 is 1.38 bits per heavy atom. The molecule has 0 aliphatic heterocycles. The van der Waals surface area contributed by atoms with Crippen LogP contribution in [-0.2, 0) is 30.3 Å². The molecule has 6 heteroatoms. The molecular formula is C73H98IrNO2SSi-. The third kappa shape index (κ3) is 13.9. The van der Waals surface area contributed by atoms with Gasteiger partial charge in [0.05, 0.1) is 5.76 Å². The summed E-state index contributed by atoms with van der Waals surface area (Å²) in [5.41, 5.74) is 13.5. The number of aryl methyl sites for hydroxylation is 1. The largest absolute Gasteiger partial charge is 0.512 e. The number of thiophene rings is 1.